The summed E-state index contributed by atoms with van der Waals surface area (Å²) in [6, 6.07) is 5.44. The number of nitrogens with zero attached hydrogens (tertiary/aromatic N) is 2. The summed E-state index contributed by atoms with van der Waals surface area (Å²) >= 11 is 12.2. The SMILES string of the molecule is CCc1c(N)ncnc1-c1cccc(Cl)c1Cl. The molecular weight excluding hydrogens is 257 g/mol. The lowest BCUT2D eigenvalue weighted by atomic mass is 10.0. The van der Waals surface area contributed by atoms with Gasteiger partial charge in [-0.3, -0.25) is 0 Å². The van der Waals surface area contributed by atoms with E-state index in [1.165, 1.54) is 6.33 Å². The number of benzene rings is 1. The van der Waals surface area contributed by atoms with Gasteiger partial charge in [-0.15, -0.1) is 0 Å². The van der Waals surface area contributed by atoms with Crippen molar-refractivity contribution >= 4 is 29.0 Å². The van der Waals surface area contributed by atoms with E-state index in [4.69, 9.17) is 28.9 Å². The van der Waals surface area contributed by atoms with E-state index in [9.17, 15) is 0 Å². The molecule has 0 bridgehead atoms. The van der Waals surface area contributed by atoms with Crippen molar-refractivity contribution in [3.63, 3.8) is 0 Å². The van der Waals surface area contributed by atoms with E-state index in [0.717, 1.165) is 23.2 Å². The minimum Gasteiger partial charge on any atom is -0.383 e. The Labute approximate surface area is 110 Å². The van der Waals surface area contributed by atoms with Crippen LogP contribution in [-0.4, -0.2) is 9.97 Å². The fourth-order valence-electron chi connectivity index (χ4n) is 1.69. The molecule has 0 aliphatic carbocycles. The molecule has 0 spiro atoms. The van der Waals surface area contributed by atoms with Crippen LogP contribution < -0.4 is 5.73 Å². The molecule has 0 unspecified atom stereocenters. The van der Waals surface area contributed by atoms with Gasteiger partial charge in [0.2, 0.25) is 0 Å². The standard InChI is InChI=1S/C12H11Cl2N3/c1-2-7-11(16-6-17-12(7)15)8-4-3-5-9(13)10(8)14/h3-6H,2H2,1H3,(H2,15,16,17). The normalized spacial score (nSPS) is 10.5. The quantitative estimate of drug-likeness (QED) is 0.905. The first-order valence-corrected chi connectivity index (χ1v) is 5.94. The predicted octanol–water partition coefficient (Wildman–Crippen LogP) is 3.60. The highest BCUT2D eigenvalue weighted by Crippen LogP contribution is 2.34. The zero-order valence-corrected chi connectivity index (χ0v) is 10.8. The Morgan fingerprint density at radius 1 is 1.24 bits per heavy atom. The lowest BCUT2D eigenvalue weighted by molar-refractivity contribution is 1.06. The van der Waals surface area contributed by atoms with Crippen molar-refractivity contribution in [2.45, 2.75) is 13.3 Å². The number of hydrogen-bond acceptors (Lipinski definition) is 3. The fourth-order valence-corrected chi connectivity index (χ4v) is 2.08. The van der Waals surface area contributed by atoms with Gasteiger partial charge in [0.1, 0.15) is 12.1 Å². The molecule has 0 radical (unpaired) electrons. The molecule has 3 nitrogen and oxygen atoms in total. The van der Waals surface area contributed by atoms with E-state index in [0.29, 0.717) is 15.9 Å². The summed E-state index contributed by atoms with van der Waals surface area (Å²) in [7, 11) is 0. The third-order valence-corrected chi connectivity index (χ3v) is 3.36. The molecule has 1 aromatic carbocycles. The molecule has 17 heavy (non-hydrogen) atoms. The number of nitrogen functional groups attached to an aromatic ring is 1. The Balaban J connectivity index is 2.68. The first-order chi connectivity index (χ1) is 8.15. The summed E-state index contributed by atoms with van der Waals surface area (Å²) in [5, 5.41) is 0.991. The zero-order chi connectivity index (χ0) is 12.4. The van der Waals surface area contributed by atoms with Gasteiger partial charge in [-0.25, -0.2) is 9.97 Å². The highest BCUT2D eigenvalue weighted by atomic mass is 35.5. The van der Waals surface area contributed by atoms with Gasteiger partial charge in [0.25, 0.3) is 0 Å². The average Bonchev–Trinajstić information content (AvgIpc) is 2.32. The maximum Gasteiger partial charge on any atom is 0.130 e. The number of rotatable bonds is 2. The second kappa shape index (κ2) is 4.90. The van der Waals surface area contributed by atoms with Crippen molar-refractivity contribution in [2.75, 3.05) is 5.73 Å². The molecule has 0 aliphatic heterocycles. The lowest BCUT2D eigenvalue weighted by Gasteiger charge is -2.10. The Hall–Kier alpha value is -1.32. The van der Waals surface area contributed by atoms with Crippen LogP contribution in [0.2, 0.25) is 10.0 Å². The van der Waals surface area contributed by atoms with Crippen LogP contribution in [0.5, 0.6) is 0 Å². The smallest absolute Gasteiger partial charge is 0.130 e. The van der Waals surface area contributed by atoms with Crippen LogP contribution in [0, 0.1) is 0 Å². The minimum atomic E-state index is 0.480. The molecule has 1 heterocycles. The van der Waals surface area contributed by atoms with Crippen molar-refractivity contribution in [3.8, 4) is 11.3 Å². The summed E-state index contributed by atoms with van der Waals surface area (Å²) < 4.78 is 0. The monoisotopic (exact) mass is 267 g/mol. The van der Waals surface area contributed by atoms with Crippen molar-refractivity contribution in [1.82, 2.24) is 9.97 Å². The second-order valence-electron chi connectivity index (χ2n) is 3.54. The van der Waals surface area contributed by atoms with E-state index >= 15 is 0 Å². The van der Waals surface area contributed by atoms with Gasteiger partial charge < -0.3 is 5.73 Å². The van der Waals surface area contributed by atoms with E-state index in [1.807, 2.05) is 19.1 Å². The Morgan fingerprint density at radius 3 is 2.71 bits per heavy atom. The second-order valence-corrected chi connectivity index (χ2v) is 4.33. The predicted molar refractivity (Wildman–Crippen MR) is 71.3 cm³/mol. The summed E-state index contributed by atoms with van der Waals surface area (Å²) in [4.78, 5) is 8.23. The lowest BCUT2D eigenvalue weighted by Crippen LogP contribution is -2.01. The molecule has 0 fully saturated rings. The number of nitrogens with two attached hydrogens (primary N) is 1. The maximum absolute atomic E-state index is 6.18. The largest absolute Gasteiger partial charge is 0.383 e. The van der Waals surface area contributed by atoms with Gasteiger partial charge in [-0.05, 0) is 12.5 Å². The Kier molecular flexibility index (Phi) is 3.50. The van der Waals surface area contributed by atoms with E-state index in [-0.39, 0.29) is 0 Å². The van der Waals surface area contributed by atoms with Crippen LogP contribution >= 0.6 is 23.2 Å². The summed E-state index contributed by atoms with van der Waals surface area (Å²) in [6.45, 7) is 2.00. The number of anilines is 1. The molecule has 0 atom stereocenters. The minimum absolute atomic E-state index is 0.480. The highest BCUT2D eigenvalue weighted by Gasteiger charge is 2.13. The van der Waals surface area contributed by atoms with Gasteiger partial charge in [0, 0.05) is 11.1 Å². The fraction of sp³-hybridized carbons (Fsp3) is 0.167. The van der Waals surface area contributed by atoms with Crippen molar-refractivity contribution < 1.29 is 0 Å². The molecule has 0 amide bonds. The molecule has 0 saturated carbocycles. The van der Waals surface area contributed by atoms with Crippen LogP contribution in [-0.2, 0) is 6.42 Å². The van der Waals surface area contributed by atoms with Crippen LogP contribution in [0.15, 0.2) is 24.5 Å². The maximum atomic E-state index is 6.18. The van der Waals surface area contributed by atoms with Crippen molar-refractivity contribution in [1.29, 1.82) is 0 Å². The average molecular weight is 268 g/mol. The van der Waals surface area contributed by atoms with E-state index in [1.54, 1.807) is 6.07 Å². The van der Waals surface area contributed by atoms with Crippen LogP contribution in [0.4, 0.5) is 5.82 Å². The topological polar surface area (TPSA) is 51.8 Å². The van der Waals surface area contributed by atoms with Gasteiger partial charge in [0.05, 0.1) is 15.7 Å². The summed E-state index contributed by atoms with van der Waals surface area (Å²) in [5.41, 5.74) is 8.24. The molecular formula is C12H11Cl2N3. The molecule has 88 valence electrons. The summed E-state index contributed by atoms with van der Waals surface area (Å²) in [5.74, 6) is 0.480. The molecule has 2 rings (SSSR count). The molecule has 0 saturated heterocycles. The van der Waals surface area contributed by atoms with Crippen molar-refractivity contribution in [2.24, 2.45) is 0 Å². The molecule has 0 aliphatic rings. The molecule has 1 aromatic heterocycles. The van der Waals surface area contributed by atoms with Crippen LogP contribution in [0.25, 0.3) is 11.3 Å². The van der Waals surface area contributed by atoms with Gasteiger partial charge in [0.15, 0.2) is 0 Å². The van der Waals surface area contributed by atoms with Gasteiger partial charge >= 0.3 is 0 Å². The van der Waals surface area contributed by atoms with Crippen LogP contribution in [0.3, 0.4) is 0 Å². The Bertz CT molecular complexity index is 555. The zero-order valence-electron chi connectivity index (χ0n) is 9.24. The molecule has 5 heteroatoms. The highest BCUT2D eigenvalue weighted by molar-refractivity contribution is 6.43. The molecule has 2 N–H and O–H groups in total. The van der Waals surface area contributed by atoms with Crippen LogP contribution in [0.1, 0.15) is 12.5 Å². The first kappa shape index (κ1) is 12.1. The summed E-state index contributed by atoms with van der Waals surface area (Å²) in [6.07, 6.45) is 2.17. The number of aromatic nitrogens is 2. The third kappa shape index (κ3) is 2.21. The van der Waals surface area contributed by atoms with Crippen molar-refractivity contribution in [3.05, 3.63) is 40.1 Å². The third-order valence-electron chi connectivity index (χ3n) is 2.54. The number of hydrogen-bond donors (Lipinski definition) is 1. The van der Waals surface area contributed by atoms with E-state index in [2.05, 4.69) is 9.97 Å². The number of halogens is 2. The first-order valence-electron chi connectivity index (χ1n) is 5.18. The van der Waals surface area contributed by atoms with Gasteiger partial charge in [-0.1, -0.05) is 42.3 Å². The molecule has 2 aromatic rings. The Morgan fingerprint density at radius 2 is 2.00 bits per heavy atom. The van der Waals surface area contributed by atoms with Gasteiger partial charge in [-0.2, -0.15) is 0 Å². The van der Waals surface area contributed by atoms with E-state index < -0.39 is 0 Å².